The normalized spacial score (nSPS) is 37.0. The first-order valence-electron chi connectivity index (χ1n) is 5.36. The first kappa shape index (κ1) is 10.1. The van der Waals surface area contributed by atoms with E-state index in [1.165, 1.54) is 12.8 Å². The maximum absolute atomic E-state index is 12.0. The number of alkyl halides is 2. The molecular formula is C11H17F2N. The lowest BCUT2D eigenvalue weighted by Crippen LogP contribution is -2.38. The minimum absolute atomic E-state index is 0.168. The van der Waals surface area contributed by atoms with E-state index in [1.807, 2.05) is 6.92 Å². The Labute approximate surface area is 83.6 Å². The standard InChI is InChI=1S/C11H17F2N/c1-7(14-6-11(12)13)10-5-8-2-3-9(10)4-8/h2-3,7-11,14H,4-6H2,1H3. The summed E-state index contributed by atoms with van der Waals surface area (Å²) < 4.78 is 24.0. The molecule has 0 spiro atoms. The summed E-state index contributed by atoms with van der Waals surface area (Å²) in [5.41, 5.74) is 0. The smallest absolute Gasteiger partial charge is 0.250 e. The van der Waals surface area contributed by atoms with E-state index in [0.717, 1.165) is 5.92 Å². The average Bonchev–Trinajstić information content (AvgIpc) is 2.74. The van der Waals surface area contributed by atoms with Crippen LogP contribution in [0.4, 0.5) is 8.78 Å². The summed E-state index contributed by atoms with van der Waals surface area (Å²) in [6, 6.07) is 0.226. The third-order valence-electron chi connectivity index (χ3n) is 3.57. The van der Waals surface area contributed by atoms with E-state index in [-0.39, 0.29) is 12.6 Å². The second-order valence-corrected chi connectivity index (χ2v) is 4.53. The number of fused-ring (bicyclic) bond motifs is 2. The molecule has 0 heterocycles. The molecule has 1 N–H and O–H groups in total. The van der Waals surface area contributed by atoms with E-state index in [2.05, 4.69) is 17.5 Å². The Morgan fingerprint density at radius 1 is 1.36 bits per heavy atom. The molecule has 4 atom stereocenters. The van der Waals surface area contributed by atoms with Crippen LogP contribution in [0.25, 0.3) is 0 Å². The molecule has 14 heavy (non-hydrogen) atoms. The summed E-state index contributed by atoms with van der Waals surface area (Å²) in [5, 5.41) is 2.92. The Morgan fingerprint density at radius 3 is 2.64 bits per heavy atom. The molecule has 80 valence electrons. The minimum atomic E-state index is -2.23. The van der Waals surface area contributed by atoms with Crippen LogP contribution in [-0.2, 0) is 0 Å². The molecule has 1 saturated carbocycles. The number of hydrogen-bond acceptors (Lipinski definition) is 1. The van der Waals surface area contributed by atoms with Crippen LogP contribution in [-0.4, -0.2) is 19.0 Å². The van der Waals surface area contributed by atoms with Crippen LogP contribution >= 0.6 is 0 Å². The molecule has 0 aromatic carbocycles. The van der Waals surface area contributed by atoms with Crippen molar-refractivity contribution >= 4 is 0 Å². The first-order chi connectivity index (χ1) is 6.66. The Balaban J connectivity index is 1.81. The molecule has 2 aliphatic carbocycles. The van der Waals surface area contributed by atoms with Gasteiger partial charge in [-0.25, -0.2) is 8.78 Å². The van der Waals surface area contributed by atoms with Gasteiger partial charge in [0.15, 0.2) is 0 Å². The molecule has 2 bridgehead atoms. The van der Waals surface area contributed by atoms with Crippen LogP contribution in [0, 0.1) is 17.8 Å². The number of nitrogens with one attached hydrogen (secondary N) is 1. The Hall–Kier alpha value is -0.440. The zero-order valence-corrected chi connectivity index (χ0v) is 8.42. The van der Waals surface area contributed by atoms with Gasteiger partial charge >= 0.3 is 0 Å². The van der Waals surface area contributed by atoms with Crippen molar-refractivity contribution in [1.82, 2.24) is 5.32 Å². The average molecular weight is 201 g/mol. The highest BCUT2D eigenvalue weighted by Gasteiger charge is 2.38. The van der Waals surface area contributed by atoms with E-state index < -0.39 is 6.43 Å². The molecule has 2 aliphatic rings. The van der Waals surface area contributed by atoms with E-state index in [0.29, 0.717) is 11.8 Å². The summed E-state index contributed by atoms with van der Waals surface area (Å²) in [6.07, 6.45) is 4.73. The molecular weight excluding hydrogens is 184 g/mol. The lowest BCUT2D eigenvalue weighted by molar-refractivity contribution is 0.136. The van der Waals surface area contributed by atoms with Crippen molar-refractivity contribution in [2.24, 2.45) is 17.8 Å². The SMILES string of the molecule is CC(NCC(F)F)C1CC2C=CC1C2. The van der Waals surface area contributed by atoms with Gasteiger partial charge in [0.1, 0.15) is 0 Å². The molecule has 2 rings (SSSR count). The third kappa shape index (κ3) is 1.97. The van der Waals surface area contributed by atoms with Gasteiger partial charge in [-0.3, -0.25) is 0 Å². The van der Waals surface area contributed by atoms with Crippen LogP contribution in [0.15, 0.2) is 12.2 Å². The van der Waals surface area contributed by atoms with E-state index in [1.54, 1.807) is 0 Å². The third-order valence-corrected chi connectivity index (χ3v) is 3.57. The molecule has 0 amide bonds. The molecule has 1 nitrogen and oxygen atoms in total. The number of halogens is 2. The Morgan fingerprint density at radius 2 is 2.14 bits per heavy atom. The molecule has 3 heteroatoms. The predicted molar refractivity (Wildman–Crippen MR) is 52.3 cm³/mol. The molecule has 0 aromatic heterocycles. The van der Waals surface area contributed by atoms with Gasteiger partial charge in [-0.05, 0) is 37.5 Å². The molecule has 0 aromatic rings. The summed E-state index contributed by atoms with van der Waals surface area (Å²) in [4.78, 5) is 0. The van der Waals surface area contributed by atoms with Crippen LogP contribution < -0.4 is 5.32 Å². The van der Waals surface area contributed by atoms with Crippen LogP contribution in [0.1, 0.15) is 19.8 Å². The van der Waals surface area contributed by atoms with Gasteiger partial charge in [-0.2, -0.15) is 0 Å². The number of hydrogen-bond donors (Lipinski definition) is 1. The van der Waals surface area contributed by atoms with E-state index in [9.17, 15) is 8.78 Å². The van der Waals surface area contributed by atoms with Crippen molar-refractivity contribution < 1.29 is 8.78 Å². The van der Waals surface area contributed by atoms with Crippen molar-refractivity contribution in [2.75, 3.05) is 6.54 Å². The largest absolute Gasteiger partial charge is 0.309 e. The molecule has 0 radical (unpaired) electrons. The summed E-state index contributed by atoms with van der Waals surface area (Å²) >= 11 is 0. The van der Waals surface area contributed by atoms with Crippen molar-refractivity contribution in [1.29, 1.82) is 0 Å². The van der Waals surface area contributed by atoms with E-state index >= 15 is 0 Å². The van der Waals surface area contributed by atoms with Gasteiger partial charge in [0, 0.05) is 6.04 Å². The monoisotopic (exact) mass is 201 g/mol. The van der Waals surface area contributed by atoms with Crippen molar-refractivity contribution in [3.8, 4) is 0 Å². The second-order valence-electron chi connectivity index (χ2n) is 4.53. The Bertz CT molecular complexity index is 227. The van der Waals surface area contributed by atoms with Crippen molar-refractivity contribution in [3.63, 3.8) is 0 Å². The molecule has 4 unspecified atom stereocenters. The van der Waals surface area contributed by atoms with E-state index in [4.69, 9.17) is 0 Å². The number of rotatable bonds is 4. The minimum Gasteiger partial charge on any atom is -0.309 e. The summed E-state index contributed by atoms with van der Waals surface area (Å²) in [6.45, 7) is 1.86. The fourth-order valence-electron chi connectivity index (χ4n) is 2.82. The lowest BCUT2D eigenvalue weighted by atomic mass is 9.87. The molecule has 0 aliphatic heterocycles. The summed E-state index contributed by atoms with van der Waals surface area (Å²) in [5.74, 6) is 1.93. The van der Waals surface area contributed by atoms with Crippen molar-refractivity contribution in [2.45, 2.75) is 32.2 Å². The van der Waals surface area contributed by atoms with Gasteiger partial charge in [-0.15, -0.1) is 0 Å². The lowest BCUT2D eigenvalue weighted by Gasteiger charge is -2.26. The van der Waals surface area contributed by atoms with Gasteiger partial charge in [0.2, 0.25) is 0 Å². The highest BCUT2D eigenvalue weighted by atomic mass is 19.3. The van der Waals surface area contributed by atoms with Gasteiger partial charge < -0.3 is 5.32 Å². The molecule has 0 saturated heterocycles. The van der Waals surface area contributed by atoms with Gasteiger partial charge in [-0.1, -0.05) is 12.2 Å². The highest BCUT2D eigenvalue weighted by Crippen LogP contribution is 2.44. The maximum atomic E-state index is 12.0. The second kappa shape index (κ2) is 3.97. The fraction of sp³-hybridized carbons (Fsp3) is 0.818. The zero-order valence-electron chi connectivity index (χ0n) is 8.42. The predicted octanol–water partition coefficient (Wildman–Crippen LogP) is 2.44. The maximum Gasteiger partial charge on any atom is 0.250 e. The van der Waals surface area contributed by atoms with Gasteiger partial charge in [0.05, 0.1) is 6.54 Å². The fourth-order valence-corrected chi connectivity index (χ4v) is 2.82. The first-order valence-corrected chi connectivity index (χ1v) is 5.36. The van der Waals surface area contributed by atoms with Gasteiger partial charge in [0.25, 0.3) is 6.43 Å². The summed E-state index contributed by atoms with van der Waals surface area (Å²) in [7, 11) is 0. The highest BCUT2D eigenvalue weighted by molar-refractivity contribution is 5.11. The van der Waals surface area contributed by atoms with Crippen LogP contribution in [0.2, 0.25) is 0 Å². The zero-order chi connectivity index (χ0) is 10.1. The van der Waals surface area contributed by atoms with Crippen molar-refractivity contribution in [3.05, 3.63) is 12.2 Å². The molecule has 1 fully saturated rings. The van der Waals surface area contributed by atoms with Crippen LogP contribution in [0.5, 0.6) is 0 Å². The quantitative estimate of drug-likeness (QED) is 0.689. The number of allylic oxidation sites excluding steroid dienone is 2. The Kier molecular flexibility index (Phi) is 2.86. The topological polar surface area (TPSA) is 12.0 Å². The van der Waals surface area contributed by atoms with Crippen LogP contribution in [0.3, 0.4) is 0 Å².